The molecule has 2 aromatic rings. The summed E-state index contributed by atoms with van der Waals surface area (Å²) in [6.07, 6.45) is 0. The zero-order valence-corrected chi connectivity index (χ0v) is 12.1. The number of hydrogen-bond donors (Lipinski definition) is 1. The average molecular weight is 303 g/mol. The highest BCUT2D eigenvalue weighted by Crippen LogP contribution is 2.32. The summed E-state index contributed by atoms with van der Waals surface area (Å²) in [6, 6.07) is 9.49. The SMILES string of the molecule is Cc1cccc(CN2C(=O)c3cc(N)ccc3S2(=O)=O)n1. The molecule has 2 N–H and O–H groups in total. The first-order valence-electron chi connectivity index (χ1n) is 6.29. The van der Waals surface area contributed by atoms with Crippen molar-refractivity contribution in [2.45, 2.75) is 18.4 Å². The Morgan fingerprint density at radius 1 is 1.24 bits per heavy atom. The van der Waals surface area contributed by atoms with E-state index in [1.807, 2.05) is 0 Å². The van der Waals surface area contributed by atoms with Crippen molar-refractivity contribution in [3.8, 4) is 0 Å². The monoisotopic (exact) mass is 303 g/mol. The zero-order valence-electron chi connectivity index (χ0n) is 11.3. The van der Waals surface area contributed by atoms with Gasteiger partial charge in [0, 0.05) is 11.4 Å². The molecule has 0 aliphatic carbocycles. The number of nitrogens with two attached hydrogens (primary N) is 1. The Balaban J connectivity index is 2.04. The van der Waals surface area contributed by atoms with Gasteiger partial charge in [-0.15, -0.1) is 0 Å². The Morgan fingerprint density at radius 3 is 2.71 bits per heavy atom. The van der Waals surface area contributed by atoms with E-state index in [4.69, 9.17) is 5.73 Å². The molecule has 21 heavy (non-hydrogen) atoms. The van der Waals surface area contributed by atoms with Gasteiger partial charge < -0.3 is 5.73 Å². The first-order chi connectivity index (χ1) is 9.89. The third kappa shape index (κ3) is 2.15. The maximum atomic E-state index is 12.4. The number of aryl methyl sites for hydroxylation is 1. The van der Waals surface area contributed by atoms with Gasteiger partial charge in [-0.3, -0.25) is 9.78 Å². The van der Waals surface area contributed by atoms with Crippen LogP contribution < -0.4 is 5.73 Å². The molecule has 1 aromatic heterocycles. The Bertz CT molecular complexity index is 846. The summed E-state index contributed by atoms with van der Waals surface area (Å²) in [6.45, 7) is 1.72. The number of nitrogen functional groups attached to an aromatic ring is 1. The van der Waals surface area contributed by atoms with Crippen molar-refractivity contribution in [2.75, 3.05) is 5.73 Å². The number of hydrogen-bond acceptors (Lipinski definition) is 5. The van der Waals surface area contributed by atoms with Crippen molar-refractivity contribution in [3.63, 3.8) is 0 Å². The minimum atomic E-state index is -3.84. The molecule has 1 aromatic carbocycles. The molecule has 0 radical (unpaired) electrons. The van der Waals surface area contributed by atoms with Crippen LogP contribution >= 0.6 is 0 Å². The lowest BCUT2D eigenvalue weighted by atomic mass is 10.2. The van der Waals surface area contributed by atoms with Gasteiger partial charge in [-0.1, -0.05) is 6.07 Å². The second kappa shape index (κ2) is 4.56. The quantitative estimate of drug-likeness (QED) is 0.844. The number of rotatable bonds is 2. The van der Waals surface area contributed by atoms with Crippen molar-refractivity contribution in [1.82, 2.24) is 9.29 Å². The number of amides is 1. The number of fused-ring (bicyclic) bond motifs is 1. The molecule has 7 heteroatoms. The maximum absolute atomic E-state index is 12.4. The van der Waals surface area contributed by atoms with Gasteiger partial charge in [-0.2, -0.15) is 0 Å². The minimum Gasteiger partial charge on any atom is -0.399 e. The molecule has 1 aliphatic heterocycles. The fraction of sp³-hybridized carbons (Fsp3) is 0.143. The summed E-state index contributed by atoms with van der Waals surface area (Å²) in [5.41, 5.74) is 7.37. The van der Waals surface area contributed by atoms with Gasteiger partial charge in [0.15, 0.2) is 0 Å². The summed E-state index contributed by atoms with van der Waals surface area (Å²) in [7, 11) is -3.84. The molecule has 0 saturated carbocycles. The van der Waals surface area contributed by atoms with Crippen LogP contribution in [0.15, 0.2) is 41.3 Å². The number of nitrogens with zero attached hydrogens (tertiary/aromatic N) is 2. The number of benzene rings is 1. The first-order valence-corrected chi connectivity index (χ1v) is 7.73. The van der Waals surface area contributed by atoms with E-state index in [0.717, 1.165) is 10.00 Å². The number of carbonyl (C=O) groups is 1. The lowest BCUT2D eigenvalue weighted by Crippen LogP contribution is -2.29. The van der Waals surface area contributed by atoms with Crippen LogP contribution in [-0.2, 0) is 16.6 Å². The molecule has 0 bridgehead atoms. The molecule has 0 unspecified atom stereocenters. The zero-order chi connectivity index (χ0) is 15.2. The van der Waals surface area contributed by atoms with Gasteiger partial charge in [0.1, 0.15) is 4.90 Å². The van der Waals surface area contributed by atoms with Gasteiger partial charge in [0.05, 0.1) is 17.8 Å². The Labute approximate surface area is 122 Å². The number of pyridine rings is 1. The highest BCUT2D eigenvalue weighted by molar-refractivity contribution is 7.90. The summed E-state index contributed by atoms with van der Waals surface area (Å²) < 4.78 is 25.7. The maximum Gasteiger partial charge on any atom is 0.269 e. The predicted octanol–water partition coefficient (Wildman–Crippen LogP) is 1.32. The molecule has 2 heterocycles. The number of carbonyl (C=O) groups excluding carboxylic acids is 1. The second-order valence-corrected chi connectivity index (χ2v) is 6.67. The first kappa shape index (κ1) is 13.6. The third-order valence-electron chi connectivity index (χ3n) is 3.28. The highest BCUT2D eigenvalue weighted by Gasteiger charge is 2.41. The standard InChI is InChI=1S/C14H13N3O3S/c1-9-3-2-4-11(16-9)8-17-14(18)12-7-10(15)5-6-13(12)21(17,19)20/h2-7H,8,15H2,1H3. The molecular weight excluding hydrogens is 290 g/mol. The van der Waals surface area contributed by atoms with Gasteiger partial charge in [0.2, 0.25) is 0 Å². The van der Waals surface area contributed by atoms with E-state index in [1.54, 1.807) is 25.1 Å². The number of aromatic nitrogens is 1. The average Bonchev–Trinajstić information content (AvgIpc) is 2.60. The highest BCUT2D eigenvalue weighted by atomic mass is 32.2. The van der Waals surface area contributed by atoms with Crippen LogP contribution in [-0.4, -0.2) is 23.6 Å². The Morgan fingerprint density at radius 2 is 2.00 bits per heavy atom. The van der Waals surface area contributed by atoms with E-state index in [9.17, 15) is 13.2 Å². The van der Waals surface area contributed by atoms with Crippen molar-refractivity contribution >= 4 is 21.6 Å². The Hall–Kier alpha value is -2.41. The van der Waals surface area contributed by atoms with Gasteiger partial charge in [0.25, 0.3) is 15.9 Å². The largest absolute Gasteiger partial charge is 0.399 e. The van der Waals surface area contributed by atoms with Crippen LogP contribution in [0.4, 0.5) is 5.69 Å². The van der Waals surface area contributed by atoms with Gasteiger partial charge in [-0.05, 0) is 37.3 Å². The molecule has 0 fully saturated rings. The molecule has 0 spiro atoms. The fourth-order valence-corrected chi connectivity index (χ4v) is 3.81. The van der Waals surface area contributed by atoms with E-state index < -0.39 is 15.9 Å². The van der Waals surface area contributed by atoms with Crippen LogP contribution in [0.1, 0.15) is 21.7 Å². The molecule has 0 saturated heterocycles. The van der Waals surface area contributed by atoms with Crippen LogP contribution in [0, 0.1) is 6.92 Å². The second-order valence-electron chi connectivity index (χ2n) is 4.84. The van der Waals surface area contributed by atoms with Gasteiger partial charge >= 0.3 is 0 Å². The smallest absolute Gasteiger partial charge is 0.269 e. The molecule has 108 valence electrons. The van der Waals surface area contributed by atoms with E-state index in [0.29, 0.717) is 11.4 Å². The van der Waals surface area contributed by atoms with E-state index >= 15 is 0 Å². The molecule has 0 atom stereocenters. The van der Waals surface area contributed by atoms with Crippen LogP contribution in [0.2, 0.25) is 0 Å². The van der Waals surface area contributed by atoms with Crippen LogP contribution in [0.3, 0.4) is 0 Å². The van der Waals surface area contributed by atoms with E-state index in [2.05, 4.69) is 4.98 Å². The molecule has 1 aliphatic rings. The molecule has 3 rings (SSSR count). The van der Waals surface area contributed by atoms with Crippen LogP contribution in [0.5, 0.6) is 0 Å². The minimum absolute atomic E-state index is 0.00523. The molecular formula is C14H13N3O3S. The van der Waals surface area contributed by atoms with Crippen molar-refractivity contribution < 1.29 is 13.2 Å². The molecule has 6 nitrogen and oxygen atoms in total. The van der Waals surface area contributed by atoms with E-state index in [1.165, 1.54) is 18.2 Å². The van der Waals surface area contributed by atoms with E-state index in [-0.39, 0.29) is 17.0 Å². The van der Waals surface area contributed by atoms with Crippen molar-refractivity contribution in [3.05, 3.63) is 53.3 Å². The summed E-state index contributed by atoms with van der Waals surface area (Å²) in [4.78, 5) is 16.5. The lowest BCUT2D eigenvalue weighted by molar-refractivity contribution is 0.0864. The van der Waals surface area contributed by atoms with Crippen molar-refractivity contribution in [2.24, 2.45) is 0 Å². The topological polar surface area (TPSA) is 93.4 Å². The molecule has 1 amide bonds. The lowest BCUT2D eigenvalue weighted by Gasteiger charge is -2.14. The summed E-state index contributed by atoms with van der Waals surface area (Å²) in [5.74, 6) is -0.569. The number of sulfonamides is 1. The summed E-state index contributed by atoms with van der Waals surface area (Å²) >= 11 is 0. The van der Waals surface area contributed by atoms with Crippen LogP contribution in [0.25, 0.3) is 0 Å². The van der Waals surface area contributed by atoms with Crippen molar-refractivity contribution in [1.29, 1.82) is 0 Å². The predicted molar refractivity (Wildman–Crippen MR) is 76.9 cm³/mol. The summed E-state index contributed by atoms with van der Waals surface area (Å²) in [5, 5.41) is 0. The Kier molecular flexibility index (Phi) is 2.94. The van der Waals surface area contributed by atoms with Gasteiger partial charge in [-0.25, -0.2) is 12.7 Å². The fourth-order valence-electron chi connectivity index (χ4n) is 2.29. The normalized spacial score (nSPS) is 16.0. The third-order valence-corrected chi connectivity index (χ3v) is 5.07. The number of anilines is 1.